The number of nitrogens with one attached hydrogen (secondary N) is 1. The van der Waals surface area contributed by atoms with Crippen molar-refractivity contribution >= 4 is 56.3 Å². The van der Waals surface area contributed by atoms with Crippen LogP contribution in [0.3, 0.4) is 0 Å². The lowest BCUT2D eigenvalue weighted by atomic mass is 10.1. The summed E-state index contributed by atoms with van der Waals surface area (Å²) in [6.45, 7) is 0.488. The van der Waals surface area contributed by atoms with E-state index < -0.39 is 0 Å². The Kier molecular flexibility index (Phi) is 6.69. The lowest BCUT2D eigenvalue weighted by Gasteiger charge is -2.10. The summed E-state index contributed by atoms with van der Waals surface area (Å²) < 4.78 is 6.92. The average Bonchev–Trinajstić information content (AvgIpc) is 3.26. The van der Waals surface area contributed by atoms with E-state index in [9.17, 15) is 4.79 Å². The first kappa shape index (κ1) is 22.2. The van der Waals surface area contributed by atoms with Crippen LogP contribution in [-0.4, -0.2) is 26.5 Å². The van der Waals surface area contributed by atoms with Crippen molar-refractivity contribution < 1.29 is 4.74 Å². The molecule has 0 bridgehead atoms. The Balaban J connectivity index is 0.00000245. The molecule has 4 aromatic heterocycles. The number of rotatable bonds is 6. The molecule has 0 fully saturated rings. The van der Waals surface area contributed by atoms with E-state index in [0.717, 1.165) is 22.9 Å². The first-order valence-corrected chi connectivity index (χ1v) is 11.0. The van der Waals surface area contributed by atoms with E-state index in [1.807, 2.05) is 29.6 Å². The number of aromatic amines is 1. The second-order valence-corrected chi connectivity index (χ2v) is 8.35. The van der Waals surface area contributed by atoms with Crippen molar-refractivity contribution in [2.75, 3.05) is 6.61 Å². The normalized spacial score (nSPS) is 10.9. The summed E-state index contributed by atoms with van der Waals surface area (Å²) in [4.78, 5) is 28.6. The van der Waals surface area contributed by atoms with Gasteiger partial charge in [0.25, 0.3) is 5.56 Å². The molecular formula is C23H18Cl2N4O2S. The smallest absolute Gasteiger partial charge is 0.260 e. The second-order valence-electron chi connectivity index (χ2n) is 7.02. The summed E-state index contributed by atoms with van der Waals surface area (Å²) in [5.74, 6) is 0.884. The molecule has 4 heterocycles. The van der Waals surface area contributed by atoms with Crippen molar-refractivity contribution in [1.82, 2.24) is 19.9 Å². The van der Waals surface area contributed by atoms with E-state index >= 15 is 0 Å². The van der Waals surface area contributed by atoms with Crippen LogP contribution in [-0.2, 0) is 6.42 Å². The lowest BCUT2D eigenvalue weighted by molar-refractivity contribution is 0.311. The maximum Gasteiger partial charge on any atom is 0.260 e. The van der Waals surface area contributed by atoms with Crippen molar-refractivity contribution in [1.29, 1.82) is 0 Å². The van der Waals surface area contributed by atoms with Gasteiger partial charge in [0.1, 0.15) is 11.4 Å². The molecule has 0 amide bonds. The topological polar surface area (TPSA) is 80.8 Å². The fourth-order valence-electron chi connectivity index (χ4n) is 3.41. The third-order valence-corrected chi connectivity index (χ3v) is 6.22. The first-order valence-electron chi connectivity index (χ1n) is 9.77. The average molecular weight is 485 g/mol. The zero-order valence-corrected chi connectivity index (χ0v) is 19.1. The zero-order chi connectivity index (χ0) is 21.2. The summed E-state index contributed by atoms with van der Waals surface area (Å²) in [5.41, 5.74) is 1.99. The quantitative estimate of drug-likeness (QED) is 0.313. The molecule has 1 N–H and O–H groups in total. The van der Waals surface area contributed by atoms with Crippen molar-refractivity contribution in [3.8, 4) is 17.3 Å². The lowest BCUT2D eigenvalue weighted by Crippen LogP contribution is -2.11. The molecule has 0 unspecified atom stereocenters. The highest BCUT2D eigenvalue weighted by molar-refractivity contribution is 7.17. The van der Waals surface area contributed by atoms with Crippen molar-refractivity contribution in [3.63, 3.8) is 0 Å². The molecule has 0 spiro atoms. The summed E-state index contributed by atoms with van der Waals surface area (Å²) in [6, 6.07) is 11.4. The standard InChI is InChI=1S/C23H17ClN4O2S.ClH/c24-21-18(30-10-1-2-14-5-8-25-9-6-14)4-3-16-20(21)23(29)28-22(27-16)17-12-15-7-11-31-19(15)13-26-17;/h3-9,11-13H,1-2,10H2,(H,27,28,29);1H. The van der Waals surface area contributed by atoms with Crippen LogP contribution in [0.15, 0.2) is 65.2 Å². The molecule has 0 aliphatic carbocycles. The van der Waals surface area contributed by atoms with Gasteiger partial charge in [-0.15, -0.1) is 23.7 Å². The van der Waals surface area contributed by atoms with Gasteiger partial charge in [-0.1, -0.05) is 11.6 Å². The van der Waals surface area contributed by atoms with Crippen LogP contribution < -0.4 is 10.3 Å². The van der Waals surface area contributed by atoms with Gasteiger partial charge in [0.2, 0.25) is 0 Å². The highest BCUT2D eigenvalue weighted by Crippen LogP contribution is 2.31. The number of H-pyrrole nitrogens is 1. The van der Waals surface area contributed by atoms with Crippen LogP contribution in [0.2, 0.25) is 5.02 Å². The molecule has 6 nitrogen and oxygen atoms in total. The number of thiophene rings is 1. The van der Waals surface area contributed by atoms with E-state index in [1.165, 1.54) is 5.56 Å². The highest BCUT2D eigenvalue weighted by Gasteiger charge is 2.14. The minimum atomic E-state index is -0.320. The molecule has 0 aliphatic heterocycles. The maximum absolute atomic E-state index is 12.8. The van der Waals surface area contributed by atoms with Crippen LogP contribution in [0, 0.1) is 0 Å². The number of aromatic nitrogens is 4. The summed E-state index contributed by atoms with van der Waals surface area (Å²) in [7, 11) is 0. The summed E-state index contributed by atoms with van der Waals surface area (Å²) in [6.07, 6.45) is 7.04. The van der Waals surface area contributed by atoms with Gasteiger partial charge < -0.3 is 9.72 Å². The van der Waals surface area contributed by atoms with Gasteiger partial charge in [-0.25, -0.2) is 4.98 Å². The number of pyridine rings is 2. The number of fused-ring (bicyclic) bond motifs is 2. The van der Waals surface area contributed by atoms with Crippen LogP contribution in [0.5, 0.6) is 5.75 Å². The van der Waals surface area contributed by atoms with Crippen LogP contribution >= 0.6 is 35.3 Å². The van der Waals surface area contributed by atoms with Gasteiger partial charge in [-0.3, -0.25) is 14.8 Å². The molecule has 5 rings (SSSR count). The fourth-order valence-corrected chi connectivity index (χ4v) is 4.45. The minimum Gasteiger partial charge on any atom is -0.492 e. The van der Waals surface area contributed by atoms with E-state index in [1.54, 1.807) is 42.1 Å². The molecule has 9 heteroatoms. The predicted molar refractivity (Wildman–Crippen MR) is 131 cm³/mol. The van der Waals surface area contributed by atoms with Gasteiger partial charge in [-0.05, 0) is 65.6 Å². The minimum absolute atomic E-state index is 0. The third-order valence-electron chi connectivity index (χ3n) is 4.98. The predicted octanol–water partition coefficient (Wildman–Crippen LogP) is 5.68. The van der Waals surface area contributed by atoms with Gasteiger partial charge in [0.15, 0.2) is 5.82 Å². The molecule has 32 heavy (non-hydrogen) atoms. The number of hydrogen-bond acceptors (Lipinski definition) is 6. The van der Waals surface area contributed by atoms with E-state index in [2.05, 4.69) is 19.9 Å². The van der Waals surface area contributed by atoms with Gasteiger partial charge >= 0.3 is 0 Å². The molecule has 0 atom stereocenters. The SMILES string of the molecule is Cl.O=c1[nH]c(-c2cc3ccsc3cn2)nc2ccc(OCCCc3ccncc3)c(Cl)c12. The number of aryl methyl sites for hydroxylation is 1. The van der Waals surface area contributed by atoms with Crippen LogP contribution in [0.1, 0.15) is 12.0 Å². The largest absolute Gasteiger partial charge is 0.492 e. The molecule has 5 aromatic rings. The number of halogens is 2. The Morgan fingerprint density at radius 3 is 2.81 bits per heavy atom. The van der Waals surface area contributed by atoms with Crippen molar-refractivity contribution in [2.45, 2.75) is 12.8 Å². The first-order chi connectivity index (χ1) is 15.2. The molecule has 0 aliphatic rings. The third kappa shape index (κ3) is 4.46. The molecule has 162 valence electrons. The van der Waals surface area contributed by atoms with Gasteiger partial charge in [-0.2, -0.15) is 0 Å². The monoisotopic (exact) mass is 484 g/mol. The van der Waals surface area contributed by atoms with Crippen LogP contribution in [0.25, 0.3) is 32.5 Å². The molecular weight excluding hydrogens is 467 g/mol. The van der Waals surface area contributed by atoms with E-state index in [0.29, 0.717) is 34.8 Å². The van der Waals surface area contributed by atoms with E-state index in [4.69, 9.17) is 16.3 Å². The van der Waals surface area contributed by atoms with E-state index in [-0.39, 0.29) is 23.0 Å². The van der Waals surface area contributed by atoms with Crippen molar-refractivity contribution in [3.05, 3.63) is 81.3 Å². The second kappa shape index (κ2) is 9.65. The number of hydrogen-bond donors (Lipinski definition) is 1. The molecule has 1 aromatic carbocycles. The summed E-state index contributed by atoms with van der Waals surface area (Å²) >= 11 is 8.12. The van der Waals surface area contributed by atoms with Gasteiger partial charge in [0.05, 0.1) is 27.2 Å². The fraction of sp³-hybridized carbons (Fsp3) is 0.130. The summed E-state index contributed by atoms with van der Waals surface area (Å²) in [5, 5.41) is 3.65. The maximum atomic E-state index is 12.8. The Hall–Kier alpha value is -3.00. The zero-order valence-electron chi connectivity index (χ0n) is 16.7. The molecule has 0 radical (unpaired) electrons. The Morgan fingerprint density at radius 1 is 1.12 bits per heavy atom. The van der Waals surface area contributed by atoms with Crippen molar-refractivity contribution in [2.24, 2.45) is 0 Å². The Labute approximate surface area is 198 Å². The highest BCUT2D eigenvalue weighted by atomic mass is 35.5. The molecule has 0 saturated heterocycles. The number of ether oxygens (including phenoxy) is 1. The van der Waals surface area contributed by atoms with Crippen LogP contribution in [0.4, 0.5) is 0 Å². The number of benzene rings is 1. The number of nitrogens with zero attached hydrogens (tertiary/aromatic N) is 3. The Morgan fingerprint density at radius 2 is 1.97 bits per heavy atom. The van der Waals surface area contributed by atoms with Gasteiger partial charge in [0, 0.05) is 18.6 Å². The Bertz CT molecular complexity index is 1440. The molecule has 0 saturated carbocycles.